The van der Waals surface area contributed by atoms with E-state index in [9.17, 15) is 0 Å². The molecular weight excluding hydrogens is 246 g/mol. The van der Waals surface area contributed by atoms with Crippen LogP contribution in [0.25, 0.3) is 0 Å². The van der Waals surface area contributed by atoms with E-state index in [1.54, 1.807) is 7.11 Å². The predicted molar refractivity (Wildman–Crippen MR) is 87.6 cm³/mol. The fraction of sp³-hybridized carbons (Fsp3) is 0.667. The third-order valence-corrected chi connectivity index (χ3v) is 4.05. The van der Waals surface area contributed by atoms with Crippen molar-refractivity contribution in [2.24, 2.45) is 0 Å². The Balaban J connectivity index is 2.97. The van der Waals surface area contributed by atoms with Gasteiger partial charge in [0.15, 0.2) is 0 Å². The minimum absolute atomic E-state index is 0.269. The minimum Gasteiger partial charge on any atom is -0.497 e. The molecule has 0 heterocycles. The number of benzene rings is 1. The Kier molecular flexibility index (Phi) is 7.68. The number of methoxy groups -OCH3 is 1. The van der Waals surface area contributed by atoms with Gasteiger partial charge in [-0.25, -0.2) is 0 Å². The van der Waals surface area contributed by atoms with Crippen molar-refractivity contribution < 1.29 is 4.74 Å². The molecule has 20 heavy (non-hydrogen) atoms. The first-order valence-corrected chi connectivity index (χ1v) is 8.07. The Labute approximate surface area is 124 Å². The summed E-state index contributed by atoms with van der Waals surface area (Å²) in [5.74, 6) is 0.942. The molecule has 114 valence electrons. The van der Waals surface area contributed by atoms with Crippen molar-refractivity contribution in [1.29, 1.82) is 0 Å². The van der Waals surface area contributed by atoms with Crippen LogP contribution in [0.2, 0.25) is 0 Å². The summed E-state index contributed by atoms with van der Waals surface area (Å²) in [7, 11) is 1.73. The maximum Gasteiger partial charge on any atom is 0.118 e. The first-order chi connectivity index (χ1) is 9.72. The summed E-state index contributed by atoms with van der Waals surface area (Å²) in [6, 6.07) is 8.68. The molecule has 1 aromatic rings. The van der Waals surface area contributed by atoms with Gasteiger partial charge in [0.2, 0.25) is 0 Å². The Morgan fingerprint density at radius 3 is 2.00 bits per heavy atom. The highest BCUT2D eigenvalue weighted by Gasteiger charge is 2.29. The Bertz CT molecular complexity index is 352. The number of hydrogen-bond acceptors (Lipinski definition) is 2. The molecule has 0 radical (unpaired) electrons. The van der Waals surface area contributed by atoms with Gasteiger partial charge in [-0.1, -0.05) is 45.7 Å². The SMILES string of the molecule is CCCNCC(CCC)(CCC)c1ccc(OC)cc1. The molecule has 0 saturated carbocycles. The predicted octanol–water partition coefficient (Wildman–Crippen LogP) is 4.53. The average molecular weight is 277 g/mol. The minimum atomic E-state index is 0.269. The van der Waals surface area contributed by atoms with E-state index in [4.69, 9.17) is 4.74 Å². The van der Waals surface area contributed by atoms with Crippen LogP contribution in [0.4, 0.5) is 0 Å². The van der Waals surface area contributed by atoms with E-state index in [0.29, 0.717) is 0 Å². The fourth-order valence-electron chi connectivity index (χ4n) is 3.10. The molecule has 1 aromatic carbocycles. The van der Waals surface area contributed by atoms with Gasteiger partial charge in [0.1, 0.15) is 5.75 Å². The first-order valence-electron chi connectivity index (χ1n) is 8.07. The van der Waals surface area contributed by atoms with Gasteiger partial charge in [0, 0.05) is 12.0 Å². The first kappa shape index (κ1) is 17.0. The molecule has 0 aliphatic rings. The molecule has 0 saturated heterocycles. The molecule has 0 atom stereocenters. The number of ether oxygens (including phenoxy) is 1. The van der Waals surface area contributed by atoms with Crippen molar-refractivity contribution >= 4 is 0 Å². The fourth-order valence-corrected chi connectivity index (χ4v) is 3.10. The van der Waals surface area contributed by atoms with Crippen molar-refractivity contribution in [2.75, 3.05) is 20.2 Å². The van der Waals surface area contributed by atoms with E-state index in [1.165, 1.54) is 37.7 Å². The largest absolute Gasteiger partial charge is 0.497 e. The second-order valence-electron chi connectivity index (χ2n) is 5.69. The molecule has 0 amide bonds. The maximum atomic E-state index is 5.28. The second-order valence-corrected chi connectivity index (χ2v) is 5.69. The molecule has 0 aromatic heterocycles. The number of nitrogens with one attached hydrogen (secondary N) is 1. The molecule has 1 N–H and O–H groups in total. The van der Waals surface area contributed by atoms with Gasteiger partial charge in [-0.2, -0.15) is 0 Å². The lowest BCUT2D eigenvalue weighted by molar-refractivity contribution is 0.335. The highest BCUT2D eigenvalue weighted by Crippen LogP contribution is 2.34. The van der Waals surface area contributed by atoms with Gasteiger partial charge in [-0.15, -0.1) is 0 Å². The van der Waals surface area contributed by atoms with Crippen LogP contribution in [0.1, 0.15) is 58.4 Å². The second kappa shape index (κ2) is 9.02. The zero-order valence-electron chi connectivity index (χ0n) is 13.7. The van der Waals surface area contributed by atoms with Gasteiger partial charge in [-0.3, -0.25) is 0 Å². The highest BCUT2D eigenvalue weighted by atomic mass is 16.5. The molecule has 0 aliphatic heterocycles. The summed E-state index contributed by atoms with van der Waals surface area (Å²) < 4.78 is 5.28. The van der Waals surface area contributed by atoms with E-state index < -0.39 is 0 Å². The summed E-state index contributed by atoms with van der Waals surface area (Å²) in [6.45, 7) is 8.98. The normalized spacial score (nSPS) is 11.6. The summed E-state index contributed by atoms with van der Waals surface area (Å²) >= 11 is 0. The molecule has 0 fully saturated rings. The smallest absolute Gasteiger partial charge is 0.118 e. The molecule has 0 bridgehead atoms. The Morgan fingerprint density at radius 2 is 1.55 bits per heavy atom. The van der Waals surface area contributed by atoms with Crippen LogP contribution < -0.4 is 10.1 Å². The lowest BCUT2D eigenvalue weighted by Crippen LogP contribution is -2.38. The van der Waals surface area contributed by atoms with Crippen LogP contribution in [0.3, 0.4) is 0 Å². The highest BCUT2D eigenvalue weighted by molar-refractivity contribution is 5.33. The number of rotatable bonds is 10. The lowest BCUT2D eigenvalue weighted by atomic mass is 9.73. The van der Waals surface area contributed by atoms with E-state index >= 15 is 0 Å². The van der Waals surface area contributed by atoms with E-state index in [0.717, 1.165) is 18.8 Å². The standard InChI is InChI=1S/C18H31NO/c1-5-12-18(13-6-2,15-19-14-7-3)16-8-10-17(20-4)11-9-16/h8-11,19H,5-7,12-15H2,1-4H3. The van der Waals surface area contributed by atoms with Crippen LogP contribution in [-0.2, 0) is 5.41 Å². The molecule has 0 aliphatic carbocycles. The monoisotopic (exact) mass is 277 g/mol. The molecule has 0 unspecified atom stereocenters. The van der Waals surface area contributed by atoms with Gasteiger partial charge in [0.05, 0.1) is 7.11 Å². The zero-order chi connectivity index (χ0) is 14.8. The molecule has 2 nitrogen and oxygen atoms in total. The van der Waals surface area contributed by atoms with Gasteiger partial charge in [0.25, 0.3) is 0 Å². The zero-order valence-corrected chi connectivity index (χ0v) is 13.7. The van der Waals surface area contributed by atoms with Crippen LogP contribution >= 0.6 is 0 Å². The molecule has 1 rings (SSSR count). The van der Waals surface area contributed by atoms with Crippen molar-refractivity contribution in [2.45, 2.75) is 58.3 Å². The number of hydrogen-bond donors (Lipinski definition) is 1. The Morgan fingerprint density at radius 1 is 0.950 bits per heavy atom. The quantitative estimate of drug-likeness (QED) is 0.634. The van der Waals surface area contributed by atoms with Crippen molar-refractivity contribution in [3.63, 3.8) is 0 Å². The van der Waals surface area contributed by atoms with E-state index in [-0.39, 0.29) is 5.41 Å². The summed E-state index contributed by atoms with van der Waals surface area (Å²) in [6.07, 6.45) is 6.12. The third-order valence-electron chi connectivity index (χ3n) is 4.05. The van der Waals surface area contributed by atoms with Crippen LogP contribution in [0.5, 0.6) is 5.75 Å². The summed E-state index contributed by atoms with van der Waals surface area (Å²) in [5.41, 5.74) is 1.72. The van der Waals surface area contributed by atoms with Crippen molar-refractivity contribution in [1.82, 2.24) is 5.32 Å². The van der Waals surface area contributed by atoms with Gasteiger partial charge in [-0.05, 0) is 43.5 Å². The van der Waals surface area contributed by atoms with Crippen LogP contribution in [-0.4, -0.2) is 20.2 Å². The van der Waals surface area contributed by atoms with Crippen LogP contribution in [0, 0.1) is 0 Å². The lowest BCUT2D eigenvalue weighted by Gasteiger charge is -2.35. The third kappa shape index (κ3) is 4.52. The topological polar surface area (TPSA) is 21.3 Å². The van der Waals surface area contributed by atoms with Gasteiger partial charge >= 0.3 is 0 Å². The van der Waals surface area contributed by atoms with Crippen LogP contribution in [0.15, 0.2) is 24.3 Å². The molecule has 0 spiro atoms. The van der Waals surface area contributed by atoms with Crippen molar-refractivity contribution in [3.05, 3.63) is 29.8 Å². The summed E-state index contributed by atoms with van der Waals surface area (Å²) in [5, 5.41) is 3.64. The van der Waals surface area contributed by atoms with Gasteiger partial charge < -0.3 is 10.1 Å². The average Bonchev–Trinajstić information content (AvgIpc) is 2.48. The molecule has 2 heteroatoms. The van der Waals surface area contributed by atoms with E-state index in [1.807, 2.05) is 0 Å². The summed E-state index contributed by atoms with van der Waals surface area (Å²) in [4.78, 5) is 0. The Hall–Kier alpha value is -1.02. The molecular formula is C18H31NO. The van der Waals surface area contributed by atoms with Crippen molar-refractivity contribution in [3.8, 4) is 5.75 Å². The van der Waals surface area contributed by atoms with E-state index in [2.05, 4.69) is 50.4 Å². The maximum absolute atomic E-state index is 5.28.